The van der Waals surface area contributed by atoms with Gasteiger partial charge in [0.2, 0.25) is 0 Å². The first-order chi connectivity index (χ1) is 42.5. The summed E-state index contributed by atoms with van der Waals surface area (Å²) in [5.74, 6) is 0.945. The van der Waals surface area contributed by atoms with Gasteiger partial charge in [0, 0.05) is 30.3 Å². The molecule has 0 amide bonds. The highest BCUT2D eigenvalue weighted by molar-refractivity contribution is 6.10. The lowest BCUT2D eigenvalue weighted by Gasteiger charge is -2.34. The van der Waals surface area contributed by atoms with E-state index in [1.807, 2.05) is 59.3 Å². The first kappa shape index (κ1) is 37.1. The number of fused-ring (bicyclic) bond motifs is 7. The number of hydrogen-bond donors (Lipinski definition) is 0. The molecule has 0 aliphatic heterocycles. The van der Waals surface area contributed by atoms with E-state index in [0.29, 0.717) is 41.1 Å². The summed E-state index contributed by atoms with van der Waals surface area (Å²) in [4.78, 5) is 5.01. The van der Waals surface area contributed by atoms with Gasteiger partial charge < -0.3 is 4.74 Å². The van der Waals surface area contributed by atoms with Crippen molar-refractivity contribution in [2.75, 3.05) is 0 Å². The Bertz CT molecular complexity index is 4760. The first-order valence-electron chi connectivity index (χ1n) is 32.3. The Kier molecular flexibility index (Phi) is 8.90. The SMILES string of the molecule is [2H]c1c([2H])c([2H])c(-c2cccc(-c3c([2H])c([2H])c([2H])c([2H])c3[2H])c2-[n+]2[c-]n(-c3cccc(Oc4ccc5c6cc(C7c8ccccc8-c8ccccc87)ccc6n(-c6cc(C(C)(C)C)ccn6)c5c4)c3)c3cc(C4([2H])CCC(C)(C)CC4)ccc32)c([2H])c1[2H]. The zero-order chi connectivity index (χ0) is 62.3. The Hall–Kier alpha value is -8.80. The first-order valence-corrected chi connectivity index (χ1v) is 26.8. The molecule has 12 aromatic rings. The van der Waals surface area contributed by atoms with Crippen LogP contribution < -0.4 is 9.30 Å². The molecule has 5 nitrogen and oxygen atoms in total. The van der Waals surface area contributed by atoms with E-state index in [0.717, 1.165) is 51.6 Å². The van der Waals surface area contributed by atoms with Gasteiger partial charge >= 0.3 is 0 Å². The second-order valence-corrected chi connectivity index (χ2v) is 22.6. The van der Waals surface area contributed by atoms with Crippen LogP contribution >= 0.6 is 0 Å². The number of hydrogen-bond acceptors (Lipinski definition) is 2. The number of nitrogens with zero attached hydrogens (tertiary/aromatic N) is 4. The van der Waals surface area contributed by atoms with Crippen LogP contribution in [0.1, 0.15) is 115 Å². The fourth-order valence-corrected chi connectivity index (χ4v) is 12.0. The monoisotopic (exact) mass is 1020 g/mol. The molecule has 1 saturated carbocycles. The minimum absolute atomic E-state index is 0.0489. The van der Waals surface area contributed by atoms with E-state index in [2.05, 4.69) is 137 Å². The molecule has 1 fully saturated rings. The summed E-state index contributed by atoms with van der Waals surface area (Å²) >= 11 is 0. The van der Waals surface area contributed by atoms with Gasteiger partial charge in [-0.3, -0.25) is 13.7 Å². The molecule has 14 rings (SSSR count). The van der Waals surface area contributed by atoms with Crippen molar-refractivity contribution < 1.29 is 24.4 Å². The third-order valence-electron chi connectivity index (χ3n) is 16.2. The summed E-state index contributed by atoms with van der Waals surface area (Å²) < 4.78 is 112. The van der Waals surface area contributed by atoms with Gasteiger partial charge in [0.05, 0.1) is 47.1 Å². The molecule has 0 spiro atoms. The van der Waals surface area contributed by atoms with Gasteiger partial charge in [0.15, 0.2) is 0 Å². The van der Waals surface area contributed by atoms with Crippen molar-refractivity contribution in [2.45, 2.75) is 77.5 Å². The van der Waals surface area contributed by atoms with Gasteiger partial charge in [-0.1, -0.05) is 186 Å². The predicted molar refractivity (Wildman–Crippen MR) is 320 cm³/mol. The Balaban J connectivity index is 0.951. The van der Waals surface area contributed by atoms with Gasteiger partial charge in [-0.25, -0.2) is 4.98 Å². The van der Waals surface area contributed by atoms with Crippen molar-refractivity contribution in [3.05, 3.63) is 258 Å². The number of benzene rings is 9. The third kappa shape index (κ3) is 8.31. The molecule has 0 atom stereocenters. The van der Waals surface area contributed by atoms with Gasteiger partial charge in [0.1, 0.15) is 17.3 Å². The highest BCUT2D eigenvalue weighted by atomic mass is 16.5. The summed E-state index contributed by atoms with van der Waals surface area (Å²) in [5, 5.41) is 2.10. The van der Waals surface area contributed by atoms with Crippen LogP contribution in [-0.2, 0) is 5.41 Å². The van der Waals surface area contributed by atoms with Crippen LogP contribution in [0.3, 0.4) is 0 Å². The van der Waals surface area contributed by atoms with Gasteiger partial charge in [-0.05, 0) is 164 Å². The minimum Gasteiger partial charge on any atom is -0.458 e. The molecule has 380 valence electrons. The molecule has 0 bridgehead atoms. The Labute approximate surface area is 473 Å². The molecule has 9 aromatic carbocycles. The van der Waals surface area contributed by atoms with Crippen LogP contribution in [0.2, 0.25) is 0 Å². The lowest BCUT2D eigenvalue weighted by molar-refractivity contribution is -0.571. The highest BCUT2D eigenvalue weighted by Crippen LogP contribution is 2.49. The normalized spacial score (nSPS) is 16.9. The molecule has 2 aliphatic rings. The van der Waals surface area contributed by atoms with Crippen molar-refractivity contribution in [3.8, 4) is 62.1 Å². The fraction of sp³-hybridized carbons (Fsp3) is 0.178. The number of pyridine rings is 1. The van der Waals surface area contributed by atoms with E-state index in [-0.39, 0.29) is 44.7 Å². The predicted octanol–water partition coefficient (Wildman–Crippen LogP) is 18.5. The van der Waals surface area contributed by atoms with E-state index >= 15 is 0 Å². The lowest BCUT2D eigenvalue weighted by Crippen LogP contribution is -2.31. The van der Waals surface area contributed by atoms with Crippen LogP contribution in [0.4, 0.5) is 0 Å². The van der Waals surface area contributed by atoms with E-state index < -0.39 is 66.3 Å². The maximum Gasteiger partial charge on any atom is 0.269 e. The van der Waals surface area contributed by atoms with Crippen LogP contribution in [0, 0.1) is 11.7 Å². The summed E-state index contributed by atoms with van der Waals surface area (Å²) in [5.41, 5.74) is 11.8. The van der Waals surface area contributed by atoms with E-state index in [4.69, 9.17) is 17.9 Å². The van der Waals surface area contributed by atoms with Crippen molar-refractivity contribution >= 4 is 32.8 Å². The Morgan fingerprint density at radius 3 is 1.94 bits per heavy atom. The lowest BCUT2D eigenvalue weighted by atomic mass is 9.71. The number of imidazole rings is 1. The van der Waals surface area contributed by atoms with Gasteiger partial charge in [-0.2, -0.15) is 0 Å². The second kappa shape index (κ2) is 18.7. The molecule has 78 heavy (non-hydrogen) atoms. The summed E-state index contributed by atoms with van der Waals surface area (Å²) in [6.07, 6.45) is 8.40. The quantitative estimate of drug-likeness (QED) is 0.107. The molecule has 0 unspecified atom stereocenters. The fourth-order valence-electron chi connectivity index (χ4n) is 12.0. The molecular weight excluding hydrogens is 949 g/mol. The molecule has 2 aliphatic carbocycles. The topological polar surface area (TPSA) is 35.9 Å². The molecule has 0 N–H and O–H groups in total. The number of rotatable bonds is 9. The maximum atomic E-state index is 9.99. The zero-order valence-corrected chi connectivity index (χ0v) is 44.2. The van der Waals surface area contributed by atoms with Crippen LogP contribution in [0.15, 0.2) is 224 Å². The van der Waals surface area contributed by atoms with E-state index in [9.17, 15) is 6.85 Å². The largest absolute Gasteiger partial charge is 0.458 e. The number of aromatic nitrogens is 4. The van der Waals surface area contributed by atoms with Gasteiger partial charge in [0.25, 0.3) is 6.33 Å². The maximum absolute atomic E-state index is 9.99. The van der Waals surface area contributed by atoms with Crippen LogP contribution in [-0.4, -0.2) is 14.1 Å². The Morgan fingerprint density at radius 2 is 1.24 bits per heavy atom. The molecular formula is C73H62N4O. The van der Waals surface area contributed by atoms with Crippen LogP contribution in [0.5, 0.6) is 11.5 Å². The van der Waals surface area contributed by atoms with E-state index in [1.54, 1.807) is 22.8 Å². The molecule has 5 heteroatoms. The highest BCUT2D eigenvalue weighted by Gasteiger charge is 2.31. The molecule has 3 aromatic heterocycles. The summed E-state index contributed by atoms with van der Waals surface area (Å²) in [6, 6.07) is 47.3. The average molecular weight is 1020 g/mol. The standard InChI is InChI=1S/C73H62N4O/c1-72(2,3)53-38-41-74-69(44-53)77-65-34-31-52(70-62-26-14-12-24-59(62)60-25-13-15-27-63(60)70)42-64(65)61-33-32-56(46-67(61)77)78-55-23-16-22-54(45-55)75-47-76(66-35-30-51(43-68(66)75)48-36-39-73(4,5)40-37-48)71-57(49-18-8-6-9-19-49)28-17-29-58(71)50-20-10-7-11-21-50/h6-35,38,41-46,48,70H,36-37,39-40H2,1-5H3/i6D,7D,8D,9D,10D,11D,18D,19D,20D,21D,48D. The van der Waals surface area contributed by atoms with Gasteiger partial charge in [-0.15, -0.1) is 0 Å². The molecule has 0 radical (unpaired) electrons. The zero-order valence-electron chi connectivity index (χ0n) is 55.2. The van der Waals surface area contributed by atoms with Crippen molar-refractivity contribution in [1.82, 2.24) is 14.1 Å². The minimum atomic E-state index is -0.933. The van der Waals surface area contributed by atoms with E-state index in [1.165, 1.54) is 27.8 Å². The summed E-state index contributed by atoms with van der Waals surface area (Å²) in [7, 11) is 0. The summed E-state index contributed by atoms with van der Waals surface area (Å²) in [6.45, 7) is 11.1. The Morgan fingerprint density at radius 1 is 0.603 bits per heavy atom. The average Bonchev–Trinajstić information content (AvgIpc) is 1.71. The third-order valence-corrected chi connectivity index (χ3v) is 16.2. The van der Waals surface area contributed by atoms with Crippen molar-refractivity contribution in [1.29, 1.82) is 0 Å². The number of para-hydroxylation sites is 1. The number of ether oxygens (including phenoxy) is 1. The smallest absolute Gasteiger partial charge is 0.269 e. The molecule has 3 heterocycles. The van der Waals surface area contributed by atoms with Crippen molar-refractivity contribution in [2.24, 2.45) is 5.41 Å². The van der Waals surface area contributed by atoms with Crippen LogP contribution in [0.25, 0.3) is 83.4 Å². The second-order valence-electron chi connectivity index (χ2n) is 22.6. The van der Waals surface area contributed by atoms with Crippen molar-refractivity contribution in [3.63, 3.8) is 0 Å². The molecule has 0 saturated heterocycles.